The summed E-state index contributed by atoms with van der Waals surface area (Å²) >= 11 is 0. The van der Waals surface area contributed by atoms with Crippen molar-refractivity contribution in [3.8, 4) is 22.9 Å². The van der Waals surface area contributed by atoms with E-state index in [0.29, 0.717) is 5.56 Å². The molecule has 0 spiro atoms. The number of nitrogens with zero attached hydrogens (tertiary/aromatic N) is 6. The average molecular weight is 381 g/mol. The molecular weight excluding hydrogens is 362 g/mol. The molecule has 1 atom stereocenters. The third kappa shape index (κ3) is 2.77. The van der Waals surface area contributed by atoms with Crippen molar-refractivity contribution in [1.29, 1.82) is 5.26 Å². The largest absolute Gasteiger partial charge is 0.339 e. The lowest BCUT2D eigenvalue weighted by Gasteiger charge is -2.27. The molecule has 4 aromatic rings. The zero-order valence-electron chi connectivity index (χ0n) is 16.2. The Balaban J connectivity index is 1.74. The Morgan fingerprint density at radius 3 is 2.62 bits per heavy atom. The molecule has 0 amide bonds. The van der Waals surface area contributed by atoms with Crippen molar-refractivity contribution < 1.29 is 0 Å². The lowest BCUT2D eigenvalue weighted by atomic mass is 10.1. The maximum absolute atomic E-state index is 9.16. The molecule has 7 nitrogen and oxygen atoms in total. The molecule has 3 heterocycles. The van der Waals surface area contributed by atoms with E-state index in [1.807, 2.05) is 43.6 Å². The summed E-state index contributed by atoms with van der Waals surface area (Å²) in [5, 5.41) is 24.9. The van der Waals surface area contributed by atoms with Gasteiger partial charge in [0.1, 0.15) is 11.6 Å². The molecule has 1 N–H and O–H groups in total. The van der Waals surface area contributed by atoms with Gasteiger partial charge in [0, 0.05) is 29.9 Å². The summed E-state index contributed by atoms with van der Waals surface area (Å²) in [6.07, 6.45) is 3.71. The van der Waals surface area contributed by atoms with Gasteiger partial charge in [0.25, 0.3) is 0 Å². The van der Waals surface area contributed by atoms with Gasteiger partial charge in [-0.15, -0.1) is 10.2 Å². The minimum Gasteiger partial charge on any atom is -0.339 e. The number of nitrogens with one attached hydrogen (secondary N) is 1. The molecule has 0 bridgehead atoms. The molecule has 5 rings (SSSR count). The number of hydrogen-bond donors (Lipinski definition) is 1. The molecule has 1 aliphatic rings. The van der Waals surface area contributed by atoms with E-state index in [1.54, 1.807) is 0 Å². The first-order chi connectivity index (χ1) is 14.2. The average Bonchev–Trinajstić information content (AvgIpc) is 3.39. The molecule has 0 radical (unpaired) electrons. The summed E-state index contributed by atoms with van der Waals surface area (Å²) in [6, 6.07) is 16.3. The van der Waals surface area contributed by atoms with Crippen molar-refractivity contribution in [3.05, 3.63) is 72.1 Å². The first kappa shape index (κ1) is 17.2. The van der Waals surface area contributed by atoms with Crippen LogP contribution in [0.1, 0.15) is 30.1 Å². The van der Waals surface area contributed by atoms with Crippen LogP contribution in [0.5, 0.6) is 0 Å². The van der Waals surface area contributed by atoms with Gasteiger partial charge >= 0.3 is 0 Å². The van der Waals surface area contributed by atoms with E-state index in [4.69, 9.17) is 5.26 Å². The molecule has 29 heavy (non-hydrogen) atoms. The topological polar surface area (TPSA) is 86.4 Å². The fraction of sp³-hybridized carbons (Fsp3) is 0.182. The molecule has 7 heteroatoms. The van der Waals surface area contributed by atoms with Crippen LogP contribution >= 0.6 is 0 Å². The molecule has 0 fully saturated rings. The molecule has 1 aliphatic heterocycles. The highest BCUT2D eigenvalue weighted by molar-refractivity contribution is 5.79. The Morgan fingerprint density at radius 2 is 1.90 bits per heavy atom. The van der Waals surface area contributed by atoms with E-state index in [9.17, 15) is 0 Å². The van der Waals surface area contributed by atoms with Crippen molar-refractivity contribution in [2.75, 3.05) is 11.4 Å². The molecule has 2 aromatic carbocycles. The quantitative estimate of drug-likeness (QED) is 0.565. The maximum Gasteiger partial charge on any atom is 0.142 e. The van der Waals surface area contributed by atoms with Crippen molar-refractivity contribution in [1.82, 2.24) is 25.0 Å². The van der Waals surface area contributed by atoms with Crippen LogP contribution in [-0.4, -0.2) is 31.5 Å². The Bertz CT molecular complexity index is 1210. The Kier molecular flexibility index (Phi) is 3.91. The highest BCUT2D eigenvalue weighted by Crippen LogP contribution is 2.40. The van der Waals surface area contributed by atoms with Crippen LogP contribution in [0.2, 0.25) is 0 Å². The normalized spacial score (nSPS) is 15.3. The second-order valence-electron chi connectivity index (χ2n) is 7.30. The fourth-order valence-corrected chi connectivity index (χ4v) is 3.93. The zero-order chi connectivity index (χ0) is 20.0. The maximum atomic E-state index is 9.16. The molecule has 0 saturated heterocycles. The van der Waals surface area contributed by atoms with E-state index < -0.39 is 0 Å². The molecule has 142 valence electrons. The molecule has 0 aliphatic carbocycles. The summed E-state index contributed by atoms with van der Waals surface area (Å²) < 4.78 is 2.14. The number of hydrogen-bond acceptors (Lipinski definition) is 5. The van der Waals surface area contributed by atoms with E-state index >= 15 is 0 Å². The number of benzene rings is 2. The van der Waals surface area contributed by atoms with Gasteiger partial charge in [0.05, 0.1) is 29.2 Å². The van der Waals surface area contributed by atoms with Gasteiger partial charge in [-0.05, 0) is 48.9 Å². The van der Waals surface area contributed by atoms with Gasteiger partial charge in [-0.1, -0.05) is 13.0 Å². The van der Waals surface area contributed by atoms with Crippen molar-refractivity contribution in [2.45, 2.75) is 19.8 Å². The smallest absolute Gasteiger partial charge is 0.142 e. The highest BCUT2D eigenvalue weighted by Gasteiger charge is 2.28. The summed E-state index contributed by atoms with van der Waals surface area (Å²) in [6.45, 7) is 4.90. The van der Waals surface area contributed by atoms with E-state index in [2.05, 4.69) is 61.1 Å². The number of H-pyrrole nitrogens is 1. The van der Waals surface area contributed by atoms with E-state index in [-0.39, 0.29) is 5.92 Å². The van der Waals surface area contributed by atoms with Gasteiger partial charge in [-0.2, -0.15) is 10.4 Å². The Morgan fingerprint density at radius 1 is 1.07 bits per heavy atom. The second kappa shape index (κ2) is 6.60. The SMILES string of the molecule is Cc1nnc2n1-c1ccc(-c3cn[nH]c3)cc1N(c1ccc(C#N)cc1)CC2C. The predicted octanol–water partition coefficient (Wildman–Crippen LogP) is 4.09. The van der Waals surface area contributed by atoms with Gasteiger partial charge in [-0.3, -0.25) is 9.67 Å². The minimum atomic E-state index is 0.177. The molecule has 1 unspecified atom stereocenters. The van der Waals surface area contributed by atoms with Crippen LogP contribution in [-0.2, 0) is 0 Å². The highest BCUT2D eigenvalue weighted by atomic mass is 15.3. The van der Waals surface area contributed by atoms with Crippen LogP contribution in [0.3, 0.4) is 0 Å². The third-order valence-electron chi connectivity index (χ3n) is 5.39. The lowest BCUT2D eigenvalue weighted by molar-refractivity contribution is 0.696. The van der Waals surface area contributed by atoms with Gasteiger partial charge in [0.15, 0.2) is 0 Å². The predicted molar refractivity (Wildman–Crippen MR) is 110 cm³/mol. The minimum absolute atomic E-state index is 0.177. The number of aryl methyl sites for hydroxylation is 1. The standard InChI is InChI=1S/C22H19N7/c1-14-13-28(19-6-3-16(10-23)4-7-19)21-9-17(18-11-24-25-12-18)5-8-20(21)29-15(2)26-27-22(14)29/h3-9,11-12,14H,13H2,1-2H3,(H,24,25). The fourth-order valence-electron chi connectivity index (χ4n) is 3.93. The Hall–Kier alpha value is -3.92. The first-order valence-electron chi connectivity index (χ1n) is 9.49. The molecule has 2 aromatic heterocycles. The third-order valence-corrected chi connectivity index (χ3v) is 5.39. The van der Waals surface area contributed by atoms with Crippen LogP contribution in [0, 0.1) is 18.3 Å². The van der Waals surface area contributed by atoms with Crippen molar-refractivity contribution in [2.24, 2.45) is 0 Å². The van der Waals surface area contributed by atoms with E-state index in [0.717, 1.165) is 46.4 Å². The summed E-state index contributed by atoms with van der Waals surface area (Å²) in [4.78, 5) is 2.29. The summed E-state index contributed by atoms with van der Waals surface area (Å²) in [5.74, 6) is 2.00. The van der Waals surface area contributed by atoms with Crippen LogP contribution < -0.4 is 4.90 Å². The first-order valence-corrected chi connectivity index (χ1v) is 9.49. The summed E-state index contributed by atoms with van der Waals surface area (Å²) in [7, 11) is 0. The Labute approximate surface area is 168 Å². The number of nitriles is 1. The second-order valence-corrected chi connectivity index (χ2v) is 7.30. The van der Waals surface area contributed by atoms with Crippen molar-refractivity contribution in [3.63, 3.8) is 0 Å². The number of aromatic nitrogens is 5. The number of aromatic amines is 1. The van der Waals surface area contributed by atoms with Crippen molar-refractivity contribution >= 4 is 11.4 Å². The lowest BCUT2D eigenvalue weighted by Crippen LogP contribution is -2.22. The molecule has 0 saturated carbocycles. The number of rotatable bonds is 2. The summed E-state index contributed by atoms with van der Waals surface area (Å²) in [5.41, 5.74) is 5.92. The van der Waals surface area contributed by atoms with Crippen LogP contribution in [0.4, 0.5) is 11.4 Å². The van der Waals surface area contributed by atoms with Gasteiger partial charge in [0.2, 0.25) is 0 Å². The zero-order valence-corrected chi connectivity index (χ0v) is 16.2. The monoisotopic (exact) mass is 381 g/mol. The van der Waals surface area contributed by atoms with Crippen LogP contribution in [0.25, 0.3) is 16.8 Å². The number of anilines is 2. The van der Waals surface area contributed by atoms with Gasteiger partial charge in [-0.25, -0.2) is 0 Å². The van der Waals surface area contributed by atoms with E-state index in [1.165, 1.54) is 0 Å². The number of fused-ring (bicyclic) bond motifs is 3. The molecular formula is C22H19N7. The van der Waals surface area contributed by atoms with Gasteiger partial charge < -0.3 is 4.90 Å². The van der Waals surface area contributed by atoms with Crippen LogP contribution in [0.15, 0.2) is 54.9 Å².